The minimum absolute atomic E-state index is 0.0180. The fourth-order valence-electron chi connectivity index (χ4n) is 15.2. The summed E-state index contributed by atoms with van der Waals surface area (Å²) in [7, 11) is 8.30. The van der Waals surface area contributed by atoms with E-state index in [9.17, 15) is 19.5 Å². The molecule has 6 nitrogen and oxygen atoms in total. The third-order valence-corrected chi connectivity index (χ3v) is 19.0. The minimum atomic E-state index is -0.914. The van der Waals surface area contributed by atoms with Gasteiger partial charge in [-0.1, -0.05) is 62.1 Å². The molecule has 4 fully saturated rings. The molecular formula is C58H72N2O4. The zero-order valence-corrected chi connectivity index (χ0v) is 40.2. The number of anilines is 2. The fourth-order valence-corrected chi connectivity index (χ4v) is 15.2. The van der Waals surface area contributed by atoms with Crippen LogP contribution in [0.15, 0.2) is 94.1 Å². The van der Waals surface area contributed by atoms with E-state index in [4.69, 9.17) is 0 Å². The van der Waals surface area contributed by atoms with E-state index in [2.05, 4.69) is 119 Å². The van der Waals surface area contributed by atoms with Crippen LogP contribution in [0, 0.1) is 51.8 Å². The number of hydrogen-bond acceptors (Lipinski definition) is 6. The van der Waals surface area contributed by atoms with Crippen LogP contribution in [0.25, 0.3) is 0 Å². The third-order valence-electron chi connectivity index (χ3n) is 19.0. The Bertz CT molecular complexity index is 2440. The highest BCUT2D eigenvalue weighted by molar-refractivity contribution is 5.93. The summed E-state index contributed by atoms with van der Waals surface area (Å²) < 4.78 is 0. The largest absolute Gasteiger partial charge is 0.378 e. The van der Waals surface area contributed by atoms with Gasteiger partial charge in [0.15, 0.2) is 11.6 Å². The predicted molar refractivity (Wildman–Crippen MR) is 259 cm³/mol. The van der Waals surface area contributed by atoms with E-state index in [0.717, 1.165) is 77.0 Å². The summed E-state index contributed by atoms with van der Waals surface area (Å²) in [4.78, 5) is 41.6. The molecule has 64 heavy (non-hydrogen) atoms. The number of ketones is 3. The first kappa shape index (κ1) is 44.7. The number of rotatable bonds is 5. The SMILES string of the molecule is CC#C[C@]1(O)CCC2C3CCC4=CC(=O)CCC4=C3[C@@H](c3ccc(N(C)C)cc3)C[C@@]21C.CC(=O)[C@@]1(C)CCC2C3CCC4=CC(=O)CCC4=C3[C@@H](c3ccc(N(C)C)cc3)C[C@@]21C. The van der Waals surface area contributed by atoms with Crippen molar-refractivity contribution in [1.29, 1.82) is 0 Å². The maximum absolute atomic E-state index is 13.0. The molecule has 0 amide bonds. The monoisotopic (exact) mass is 861 g/mol. The smallest absolute Gasteiger partial charge is 0.156 e. The van der Waals surface area contributed by atoms with Crippen molar-refractivity contribution in [3.8, 4) is 11.8 Å². The minimum Gasteiger partial charge on any atom is -0.378 e. The van der Waals surface area contributed by atoms with Gasteiger partial charge in [-0.05, 0) is 190 Å². The van der Waals surface area contributed by atoms with Crippen LogP contribution >= 0.6 is 0 Å². The van der Waals surface area contributed by atoms with Gasteiger partial charge in [0, 0.05) is 75.1 Å². The van der Waals surface area contributed by atoms with Gasteiger partial charge in [0.1, 0.15) is 11.4 Å². The van der Waals surface area contributed by atoms with Crippen LogP contribution in [0.5, 0.6) is 0 Å². The topological polar surface area (TPSA) is 77.9 Å². The third kappa shape index (κ3) is 7.05. The summed E-state index contributed by atoms with van der Waals surface area (Å²) >= 11 is 0. The quantitative estimate of drug-likeness (QED) is 0.302. The molecule has 10 atom stereocenters. The zero-order valence-electron chi connectivity index (χ0n) is 40.2. The molecule has 0 spiro atoms. The first-order chi connectivity index (χ1) is 30.4. The zero-order chi connectivity index (χ0) is 45.5. The molecule has 4 saturated carbocycles. The van der Waals surface area contributed by atoms with Crippen LogP contribution in [-0.4, -0.2) is 56.2 Å². The number of benzene rings is 2. The second-order valence-electron chi connectivity index (χ2n) is 22.2. The van der Waals surface area contributed by atoms with Crippen molar-refractivity contribution in [3.63, 3.8) is 0 Å². The molecule has 8 aliphatic rings. The fraction of sp³-hybridized carbons (Fsp3) is 0.569. The normalized spacial score (nSPS) is 36.0. The van der Waals surface area contributed by atoms with Gasteiger partial charge in [0.25, 0.3) is 0 Å². The molecule has 2 aromatic carbocycles. The van der Waals surface area contributed by atoms with E-state index >= 15 is 0 Å². The van der Waals surface area contributed by atoms with Crippen molar-refractivity contribution in [2.45, 2.75) is 142 Å². The van der Waals surface area contributed by atoms with Crippen molar-refractivity contribution in [3.05, 3.63) is 105 Å². The highest BCUT2D eigenvalue weighted by Crippen LogP contribution is 2.70. The Morgan fingerprint density at radius 1 is 0.625 bits per heavy atom. The lowest BCUT2D eigenvalue weighted by Gasteiger charge is -2.55. The number of fused-ring (bicyclic) bond motifs is 8. The summed E-state index contributed by atoms with van der Waals surface area (Å²) in [6, 6.07) is 18.0. The molecule has 0 saturated heterocycles. The lowest BCUT2D eigenvalue weighted by atomic mass is 9.48. The molecule has 10 rings (SSSR count). The summed E-state index contributed by atoms with van der Waals surface area (Å²) in [5.74, 6) is 9.85. The first-order valence-electron chi connectivity index (χ1n) is 24.6. The molecule has 6 heteroatoms. The highest BCUT2D eigenvalue weighted by atomic mass is 16.3. The van der Waals surface area contributed by atoms with Crippen molar-refractivity contribution in [1.82, 2.24) is 0 Å². The van der Waals surface area contributed by atoms with Crippen molar-refractivity contribution < 1.29 is 19.5 Å². The second kappa shape index (κ2) is 16.4. The van der Waals surface area contributed by atoms with Crippen LogP contribution in [0.1, 0.15) is 147 Å². The average molecular weight is 861 g/mol. The molecule has 0 heterocycles. The number of Topliss-reactive ketones (excluding diaryl/α,β-unsaturated/α-hetero) is 1. The molecule has 0 aliphatic heterocycles. The number of allylic oxidation sites excluding steroid dienone is 8. The number of carbonyl (C=O) groups excluding carboxylic acids is 3. The second-order valence-corrected chi connectivity index (χ2v) is 22.2. The number of aliphatic hydroxyl groups is 1. The average Bonchev–Trinajstić information content (AvgIpc) is 3.71. The van der Waals surface area contributed by atoms with Gasteiger partial charge in [-0.25, -0.2) is 0 Å². The molecular weight excluding hydrogens is 789 g/mol. The van der Waals surface area contributed by atoms with E-state index in [0.29, 0.717) is 54.0 Å². The molecule has 0 radical (unpaired) electrons. The molecule has 2 aromatic rings. The molecule has 8 aliphatic carbocycles. The van der Waals surface area contributed by atoms with Gasteiger partial charge in [-0.3, -0.25) is 14.4 Å². The molecule has 0 aromatic heterocycles. The van der Waals surface area contributed by atoms with Crippen LogP contribution in [0.4, 0.5) is 11.4 Å². The lowest BCUT2D eigenvalue weighted by Crippen LogP contribution is -2.51. The predicted octanol–water partition coefficient (Wildman–Crippen LogP) is 11.7. The maximum atomic E-state index is 13.0. The lowest BCUT2D eigenvalue weighted by molar-refractivity contribution is -0.134. The first-order valence-corrected chi connectivity index (χ1v) is 24.6. The Morgan fingerprint density at radius 2 is 1.06 bits per heavy atom. The van der Waals surface area contributed by atoms with Crippen molar-refractivity contribution >= 4 is 28.7 Å². The Kier molecular flexibility index (Phi) is 11.5. The summed E-state index contributed by atoms with van der Waals surface area (Å²) in [5, 5.41) is 11.7. The number of nitrogens with zero attached hydrogens (tertiary/aromatic N) is 2. The number of hydrogen-bond donors (Lipinski definition) is 1. The van der Waals surface area contributed by atoms with Crippen LogP contribution in [0.2, 0.25) is 0 Å². The molecule has 338 valence electrons. The molecule has 1 N–H and O–H groups in total. The van der Waals surface area contributed by atoms with E-state index < -0.39 is 5.60 Å². The maximum Gasteiger partial charge on any atom is 0.156 e. The number of carbonyl (C=O) groups is 3. The summed E-state index contributed by atoms with van der Waals surface area (Å²) in [6.45, 7) is 10.6. The van der Waals surface area contributed by atoms with Crippen molar-refractivity contribution in [2.24, 2.45) is 39.9 Å². The van der Waals surface area contributed by atoms with Gasteiger partial charge in [-0.2, -0.15) is 0 Å². The van der Waals surface area contributed by atoms with E-state index in [1.54, 1.807) is 11.1 Å². The Labute approximate surface area is 383 Å². The van der Waals surface area contributed by atoms with Crippen LogP contribution in [-0.2, 0) is 14.4 Å². The van der Waals surface area contributed by atoms with Gasteiger partial charge in [0.05, 0.1) is 0 Å². The van der Waals surface area contributed by atoms with E-state index in [1.165, 1.54) is 44.8 Å². The Hall–Kier alpha value is -4.47. The molecule has 0 bridgehead atoms. The standard InChI is InChI=1S/C29H37NO2.C29H35NO2/c1-18(31)28(2)15-14-26-24-12-8-20-16-22(32)11-13-23(20)27(24)25(17-29(26,28)3)19-6-9-21(10-7-19)30(4)5;1-5-15-29(32)16-14-26-24-12-8-20-17-22(31)11-13-23(20)27(24)25(18-28(26,29)2)19-6-9-21(10-7-19)30(3)4/h6-7,9-10,16,24-26H,8,11-15,17H2,1-5H3;6-7,9-10,17,24-26,32H,8,11-14,16,18H2,1-4H3/t24?,25-,26?,28-,29+;24?,25-,26?,28+,29+/m11/s1. The van der Waals surface area contributed by atoms with E-state index in [-0.39, 0.29) is 27.9 Å². The Balaban J connectivity index is 0.000000162. The Morgan fingerprint density at radius 3 is 1.50 bits per heavy atom. The van der Waals surface area contributed by atoms with Crippen LogP contribution < -0.4 is 9.80 Å². The molecule has 4 unspecified atom stereocenters. The highest BCUT2D eigenvalue weighted by Gasteiger charge is 2.64. The van der Waals surface area contributed by atoms with Gasteiger partial charge < -0.3 is 14.9 Å². The van der Waals surface area contributed by atoms with Crippen molar-refractivity contribution in [2.75, 3.05) is 38.0 Å². The van der Waals surface area contributed by atoms with Gasteiger partial charge >= 0.3 is 0 Å². The van der Waals surface area contributed by atoms with E-state index in [1.807, 2.05) is 26.0 Å². The van der Waals surface area contributed by atoms with Gasteiger partial charge in [-0.15, -0.1) is 5.92 Å². The van der Waals surface area contributed by atoms with Crippen LogP contribution in [0.3, 0.4) is 0 Å². The summed E-state index contributed by atoms with van der Waals surface area (Å²) in [5.41, 5.74) is 12.5. The summed E-state index contributed by atoms with van der Waals surface area (Å²) in [6.07, 6.45) is 17.1. The van der Waals surface area contributed by atoms with Gasteiger partial charge in [0.2, 0.25) is 0 Å².